The summed E-state index contributed by atoms with van der Waals surface area (Å²) in [6, 6.07) is 23.0. The van der Waals surface area contributed by atoms with Crippen molar-refractivity contribution in [2.45, 2.75) is 59.0 Å². The van der Waals surface area contributed by atoms with Crippen LogP contribution in [0.3, 0.4) is 0 Å². The Hall–Kier alpha value is -4.64. The van der Waals surface area contributed by atoms with Crippen LogP contribution in [0.25, 0.3) is 11.1 Å². The van der Waals surface area contributed by atoms with E-state index in [4.69, 9.17) is 0 Å². The van der Waals surface area contributed by atoms with Crippen LogP contribution in [0.15, 0.2) is 78.9 Å². The average Bonchev–Trinajstić information content (AvgIpc) is 3.10. The number of hydrogen-bond donors (Lipinski definition) is 5. The zero-order valence-corrected chi connectivity index (χ0v) is 29.4. The maximum atomic E-state index is 13.5. The third kappa shape index (κ3) is 12.1. The van der Waals surface area contributed by atoms with Crippen LogP contribution in [0, 0.1) is 11.8 Å². The molecule has 4 N–H and O–H groups in total. The van der Waals surface area contributed by atoms with E-state index in [2.05, 4.69) is 28.6 Å². The first-order chi connectivity index (χ1) is 23.5. The number of thiol groups is 1. The lowest BCUT2D eigenvalue weighted by Crippen LogP contribution is -2.53. The Bertz CT molecular complexity index is 1550. The highest BCUT2D eigenvalue weighted by molar-refractivity contribution is 7.80. The number of amides is 4. The summed E-state index contributed by atoms with van der Waals surface area (Å²) in [7, 11) is 0. The number of hydrogen-bond acceptors (Lipinski definition) is 6. The number of aromatic carboxylic acids is 1. The molecule has 3 rings (SSSR count). The van der Waals surface area contributed by atoms with Crippen molar-refractivity contribution >= 4 is 42.2 Å². The average molecular weight is 689 g/mol. The lowest BCUT2D eigenvalue weighted by Gasteiger charge is -2.34. The minimum atomic E-state index is -1.01. The van der Waals surface area contributed by atoms with Crippen LogP contribution in [0.4, 0.5) is 0 Å². The Morgan fingerprint density at radius 1 is 0.796 bits per heavy atom. The van der Waals surface area contributed by atoms with E-state index in [9.17, 15) is 29.1 Å². The number of carbonyl (C=O) groups is 5. The predicted molar refractivity (Wildman–Crippen MR) is 194 cm³/mol. The molecule has 0 aromatic heterocycles. The van der Waals surface area contributed by atoms with Gasteiger partial charge in [-0.15, -0.1) is 0 Å². The highest BCUT2D eigenvalue weighted by atomic mass is 32.1. The Labute approximate surface area is 294 Å². The summed E-state index contributed by atoms with van der Waals surface area (Å²) in [5, 5.41) is 17.8. The van der Waals surface area contributed by atoms with E-state index in [-0.39, 0.29) is 67.2 Å². The Kier molecular flexibility index (Phi) is 15.8. The summed E-state index contributed by atoms with van der Waals surface area (Å²) < 4.78 is 0. The van der Waals surface area contributed by atoms with Crippen molar-refractivity contribution in [1.29, 1.82) is 0 Å². The van der Waals surface area contributed by atoms with Gasteiger partial charge in [0.1, 0.15) is 6.04 Å². The van der Waals surface area contributed by atoms with Gasteiger partial charge in [-0.1, -0.05) is 100.0 Å². The van der Waals surface area contributed by atoms with Gasteiger partial charge >= 0.3 is 5.97 Å². The van der Waals surface area contributed by atoms with Crippen LogP contribution in [-0.2, 0) is 32.1 Å². The molecule has 0 saturated carbocycles. The van der Waals surface area contributed by atoms with Crippen molar-refractivity contribution in [3.63, 3.8) is 0 Å². The lowest BCUT2D eigenvalue weighted by atomic mass is 9.97. The van der Waals surface area contributed by atoms with Gasteiger partial charge in [0.15, 0.2) is 0 Å². The minimum Gasteiger partial charge on any atom is -0.478 e. The summed E-state index contributed by atoms with van der Waals surface area (Å²) in [6.07, 6.45) is 2.35. The summed E-state index contributed by atoms with van der Waals surface area (Å²) in [6.45, 7) is 6.07. The topological polar surface area (TPSA) is 145 Å². The molecule has 0 spiro atoms. The molecule has 1 unspecified atom stereocenters. The Morgan fingerprint density at radius 2 is 1.45 bits per heavy atom. The van der Waals surface area contributed by atoms with Gasteiger partial charge in [0.2, 0.25) is 23.6 Å². The van der Waals surface area contributed by atoms with E-state index < -0.39 is 12.0 Å². The quantitative estimate of drug-likeness (QED) is 0.0910. The van der Waals surface area contributed by atoms with E-state index >= 15 is 0 Å². The van der Waals surface area contributed by atoms with Crippen LogP contribution in [-0.4, -0.2) is 71.0 Å². The van der Waals surface area contributed by atoms with Gasteiger partial charge in [-0.05, 0) is 47.1 Å². The molecular weight excluding hydrogens is 641 g/mol. The largest absolute Gasteiger partial charge is 0.478 e. The predicted octanol–water partition coefficient (Wildman–Crippen LogP) is 4.73. The standard InChI is InChI=1S/C38H48N4O6S/c1-4-5-15-34(44)42(24-28-16-18-29(19-17-28)31-13-9-10-14-32(31)38(47)48)35(26(2)3)37(46)40-21-20-39-33(43)23-41-36(45)30(25-49)22-27-11-7-6-8-12-27/h6-14,16-19,26,30,35,49H,4-5,15,20-25H2,1-3H3,(H,39,43)(H,40,46)(H,41,45)(H,47,48)/t30?,35-/m0/s1. The lowest BCUT2D eigenvalue weighted by molar-refractivity contribution is -0.143. The number of nitrogens with zero attached hydrogens (tertiary/aromatic N) is 1. The fraction of sp³-hybridized carbons (Fsp3) is 0.395. The van der Waals surface area contributed by atoms with E-state index in [0.717, 1.165) is 23.1 Å². The number of nitrogens with one attached hydrogen (secondary N) is 3. The van der Waals surface area contributed by atoms with Crippen LogP contribution in [0.5, 0.6) is 0 Å². The highest BCUT2D eigenvalue weighted by Gasteiger charge is 2.32. The first kappa shape index (κ1) is 38.8. The zero-order valence-electron chi connectivity index (χ0n) is 28.5. The summed E-state index contributed by atoms with van der Waals surface area (Å²) in [5.74, 6) is -2.34. The molecule has 0 aliphatic rings. The molecule has 11 heteroatoms. The summed E-state index contributed by atoms with van der Waals surface area (Å²) >= 11 is 4.30. The minimum absolute atomic E-state index is 0.133. The molecule has 3 aromatic carbocycles. The molecule has 0 saturated heterocycles. The second kappa shape index (κ2) is 20.0. The van der Waals surface area contributed by atoms with Crippen LogP contribution in [0.1, 0.15) is 61.5 Å². The number of rotatable bonds is 19. The molecule has 10 nitrogen and oxygen atoms in total. The molecular formula is C38H48N4O6S. The van der Waals surface area contributed by atoms with Crippen molar-refractivity contribution in [2.75, 3.05) is 25.4 Å². The molecule has 0 aliphatic heterocycles. The van der Waals surface area contributed by atoms with Gasteiger partial charge in [-0.3, -0.25) is 19.2 Å². The van der Waals surface area contributed by atoms with Crippen LogP contribution in [0.2, 0.25) is 0 Å². The number of unbranched alkanes of at least 4 members (excludes halogenated alkanes) is 1. The maximum absolute atomic E-state index is 13.5. The molecule has 49 heavy (non-hydrogen) atoms. The second-order valence-electron chi connectivity index (χ2n) is 12.3. The molecule has 0 heterocycles. The molecule has 0 fully saturated rings. The van der Waals surface area contributed by atoms with Gasteiger partial charge < -0.3 is 26.0 Å². The van der Waals surface area contributed by atoms with E-state index in [1.165, 1.54) is 0 Å². The number of carbonyl (C=O) groups excluding carboxylic acids is 4. The van der Waals surface area contributed by atoms with Crippen molar-refractivity contribution in [3.8, 4) is 11.1 Å². The van der Waals surface area contributed by atoms with Gasteiger partial charge in [-0.2, -0.15) is 12.6 Å². The van der Waals surface area contributed by atoms with Gasteiger partial charge in [-0.25, -0.2) is 4.79 Å². The third-order valence-electron chi connectivity index (χ3n) is 8.16. The molecule has 4 amide bonds. The smallest absolute Gasteiger partial charge is 0.336 e. The van der Waals surface area contributed by atoms with E-state index in [1.807, 2.05) is 75.4 Å². The van der Waals surface area contributed by atoms with Crippen molar-refractivity contribution in [1.82, 2.24) is 20.9 Å². The van der Waals surface area contributed by atoms with Gasteiger partial charge in [0, 0.05) is 31.8 Å². The van der Waals surface area contributed by atoms with E-state index in [1.54, 1.807) is 29.2 Å². The molecule has 2 atom stereocenters. The van der Waals surface area contributed by atoms with Crippen molar-refractivity contribution in [2.24, 2.45) is 11.8 Å². The molecule has 3 aromatic rings. The monoisotopic (exact) mass is 688 g/mol. The number of benzene rings is 3. The third-order valence-corrected chi connectivity index (χ3v) is 8.60. The second-order valence-corrected chi connectivity index (χ2v) is 12.7. The van der Waals surface area contributed by atoms with Gasteiger partial charge in [0.25, 0.3) is 0 Å². The molecule has 262 valence electrons. The maximum Gasteiger partial charge on any atom is 0.336 e. The Balaban J connectivity index is 1.58. The number of carboxylic acids is 1. The highest BCUT2D eigenvalue weighted by Crippen LogP contribution is 2.25. The van der Waals surface area contributed by atoms with Crippen molar-refractivity contribution < 1.29 is 29.1 Å². The molecule has 0 radical (unpaired) electrons. The first-order valence-corrected chi connectivity index (χ1v) is 17.4. The molecule has 0 aliphatic carbocycles. The number of carboxylic acid groups (broad SMARTS) is 1. The normalized spacial score (nSPS) is 12.1. The van der Waals surface area contributed by atoms with E-state index in [0.29, 0.717) is 30.6 Å². The summed E-state index contributed by atoms with van der Waals surface area (Å²) in [5.41, 5.74) is 3.35. The summed E-state index contributed by atoms with van der Waals surface area (Å²) in [4.78, 5) is 65.4. The Morgan fingerprint density at radius 3 is 2.08 bits per heavy atom. The SMILES string of the molecule is CCCCC(=O)N(Cc1ccc(-c2ccccc2C(=O)O)cc1)[C@H](C(=O)NCCNC(=O)CNC(=O)C(CS)Cc1ccccc1)C(C)C. The first-order valence-electron chi connectivity index (χ1n) is 16.7. The molecule has 0 bridgehead atoms. The fourth-order valence-electron chi connectivity index (χ4n) is 5.53. The van der Waals surface area contributed by atoms with Crippen molar-refractivity contribution in [3.05, 3.63) is 95.6 Å². The fourth-order valence-corrected chi connectivity index (χ4v) is 5.83. The zero-order chi connectivity index (χ0) is 35.8. The van der Waals surface area contributed by atoms with Crippen LogP contribution >= 0.6 is 12.6 Å². The van der Waals surface area contributed by atoms with Gasteiger partial charge in [0.05, 0.1) is 18.0 Å². The van der Waals surface area contributed by atoms with Crippen LogP contribution < -0.4 is 16.0 Å².